The molecule has 0 atom stereocenters. The van der Waals surface area contributed by atoms with Crippen LogP contribution in [0.2, 0.25) is 0 Å². The van der Waals surface area contributed by atoms with E-state index in [2.05, 4.69) is 10.3 Å². The first-order valence-electron chi connectivity index (χ1n) is 5.43. The van der Waals surface area contributed by atoms with Gasteiger partial charge >= 0.3 is 5.97 Å². The summed E-state index contributed by atoms with van der Waals surface area (Å²) < 4.78 is 6.90. The van der Waals surface area contributed by atoms with E-state index in [0.29, 0.717) is 5.52 Å². The normalized spacial score (nSPS) is 11.8. The molecule has 0 aliphatic rings. The number of fused-ring (bicyclic) bond motifs is 1. The van der Waals surface area contributed by atoms with Crippen LogP contribution in [-0.2, 0) is 4.74 Å². The third kappa shape index (κ3) is 2.27. The van der Waals surface area contributed by atoms with Crippen molar-refractivity contribution in [1.29, 1.82) is 0 Å². The third-order valence-electron chi connectivity index (χ3n) is 2.22. The van der Waals surface area contributed by atoms with E-state index in [-0.39, 0.29) is 5.69 Å². The zero-order valence-corrected chi connectivity index (χ0v) is 10.4. The van der Waals surface area contributed by atoms with Crippen LogP contribution in [0.25, 0.3) is 5.52 Å². The molecule has 0 N–H and O–H groups in total. The number of nitrogens with zero attached hydrogens (tertiary/aromatic N) is 3. The molecule has 0 unspecified atom stereocenters. The Labute approximate surface area is 99.4 Å². The Bertz CT molecular complexity index is 567. The largest absolute Gasteiger partial charge is 0.455 e. The van der Waals surface area contributed by atoms with Crippen molar-refractivity contribution in [3.63, 3.8) is 0 Å². The monoisotopic (exact) mass is 233 g/mol. The lowest BCUT2D eigenvalue weighted by molar-refractivity contribution is 0.00651. The molecule has 5 nitrogen and oxygen atoms in total. The van der Waals surface area contributed by atoms with Gasteiger partial charge in [0.05, 0.1) is 0 Å². The fourth-order valence-electron chi connectivity index (χ4n) is 1.52. The average molecular weight is 233 g/mol. The quantitative estimate of drug-likeness (QED) is 0.707. The van der Waals surface area contributed by atoms with E-state index in [4.69, 9.17) is 4.74 Å². The predicted octanol–water partition coefficient (Wildman–Crippen LogP) is 1.99. The van der Waals surface area contributed by atoms with E-state index in [1.165, 1.54) is 0 Å². The summed E-state index contributed by atoms with van der Waals surface area (Å²) in [6, 6.07) is 5.56. The van der Waals surface area contributed by atoms with Crippen LogP contribution in [0.4, 0.5) is 0 Å². The highest BCUT2D eigenvalue weighted by Gasteiger charge is 2.22. The second-order valence-electron chi connectivity index (χ2n) is 4.90. The molecule has 0 aliphatic heterocycles. The number of pyridine rings is 1. The Kier molecular flexibility index (Phi) is 2.61. The molecule has 90 valence electrons. The molecule has 0 spiro atoms. The summed E-state index contributed by atoms with van der Waals surface area (Å²) in [7, 11) is 0. The molecule has 17 heavy (non-hydrogen) atoms. The summed E-state index contributed by atoms with van der Waals surface area (Å²) in [5.41, 5.74) is 1.31. The number of hydrogen-bond acceptors (Lipinski definition) is 4. The number of carbonyl (C=O) groups excluding carboxylic acids is 1. The summed E-state index contributed by atoms with van der Waals surface area (Å²) >= 11 is 0. The van der Waals surface area contributed by atoms with E-state index in [0.717, 1.165) is 5.69 Å². The summed E-state index contributed by atoms with van der Waals surface area (Å²) in [5.74, 6) is -0.446. The number of esters is 1. The first-order chi connectivity index (χ1) is 7.88. The van der Waals surface area contributed by atoms with Crippen molar-refractivity contribution < 1.29 is 9.53 Å². The first-order valence-corrected chi connectivity index (χ1v) is 5.43. The van der Waals surface area contributed by atoms with Crippen LogP contribution in [0.1, 0.15) is 37.0 Å². The maximum atomic E-state index is 11.9. The molecule has 0 amide bonds. The lowest BCUT2D eigenvalue weighted by Gasteiger charge is -2.18. The van der Waals surface area contributed by atoms with Crippen LogP contribution in [0.5, 0.6) is 0 Å². The number of ether oxygens (including phenoxy) is 1. The van der Waals surface area contributed by atoms with E-state index in [1.54, 1.807) is 10.6 Å². The molecule has 2 heterocycles. The summed E-state index contributed by atoms with van der Waals surface area (Å²) in [4.78, 5) is 11.9. The van der Waals surface area contributed by atoms with Crippen molar-refractivity contribution >= 4 is 11.5 Å². The van der Waals surface area contributed by atoms with Gasteiger partial charge in [-0.05, 0) is 39.8 Å². The van der Waals surface area contributed by atoms with E-state index in [9.17, 15) is 4.79 Å². The minimum atomic E-state index is -0.531. The first kappa shape index (κ1) is 11.6. The Morgan fingerprint density at radius 3 is 2.71 bits per heavy atom. The fourth-order valence-corrected chi connectivity index (χ4v) is 1.52. The van der Waals surface area contributed by atoms with Crippen molar-refractivity contribution in [2.75, 3.05) is 0 Å². The van der Waals surface area contributed by atoms with Gasteiger partial charge in [0.1, 0.15) is 11.1 Å². The Morgan fingerprint density at radius 2 is 2.06 bits per heavy atom. The van der Waals surface area contributed by atoms with E-state index in [1.807, 2.05) is 39.8 Å². The molecule has 0 bridgehead atoms. The lowest BCUT2D eigenvalue weighted by atomic mass is 10.2. The van der Waals surface area contributed by atoms with Gasteiger partial charge < -0.3 is 4.74 Å². The maximum Gasteiger partial charge on any atom is 0.361 e. The molecule has 0 saturated carbocycles. The van der Waals surface area contributed by atoms with Crippen LogP contribution >= 0.6 is 0 Å². The van der Waals surface area contributed by atoms with Gasteiger partial charge in [-0.15, -0.1) is 5.10 Å². The van der Waals surface area contributed by atoms with Gasteiger partial charge in [-0.2, -0.15) is 0 Å². The standard InChI is InChI=1S/C12H15N3O2/c1-8-6-5-7-9-10(13-14-15(8)9)11(16)17-12(2,3)4/h5-7H,1-4H3. The molecule has 2 rings (SSSR count). The molecule has 5 heteroatoms. The topological polar surface area (TPSA) is 56.5 Å². The zero-order chi connectivity index (χ0) is 12.6. The Balaban J connectivity index is 2.43. The second-order valence-corrected chi connectivity index (χ2v) is 4.90. The van der Waals surface area contributed by atoms with E-state index < -0.39 is 11.6 Å². The molecule has 2 aromatic rings. The predicted molar refractivity (Wildman–Crippen MR) is 62.9 cm³/mol. The Morgan fingerprint density at radius 1 is 1.35 bits per heavy atom. The van der Waals surface area contributed by atoms with Gasteiger partial charge in [-0.3, -0.25) is 0 Å². The van der Waals surface area contributed by atoms with Crippen LogP contribution in [0.3, 0.4) is 0 Å². The van der Waals surface area contributed by atoms with Gasteiger partial charge in [0.15, 0.2) is 5.69 Å². The highest BCUT2D eigenvalue weighted by molar-refractivity contribution is 5.94. The van der Waals surface area contributed by atoms with Gasteiger partial charge in [0.25, 0.3) is 0 Å². The summed E-state index contributed by atoms with van der Waals surface area (Å²) in [6.45, 7) is 7.37. The lowest BCUT2D eigenvalue weighted by Crippen LogP contribution is -2.24. The number of aromatic nitrogens is 3. The van der Waals surface area contributed by atoms with Crippen LogP contribution in [-0.4, -0.2) is 26.4 Å². The van der Waals surface area contributed by atoms with Gasteiger partial charge in [-0.25, -0.2) is 9.31 Å². The number of carbonyl (C=O) groups is 1. The Hall–Kier alpha value is -1.91. The number of aryl methyl sites for hydroxylation is 1. The smallest absolute Gasteiger partial charge is 0.361 e. The van der Waals surface area contributed by atoms with Crippen molar-refractivity contribution in [3.8, 4) is 0 Å². The van der Waals surface area contributed by atoms with Gasteiger partial charge in [0, 0.05) is 5.69 Å². The van der Waals surface area contributed by atoms with Crippen molar-refractivity contribution in [1.82, 2.24) is 14.8 Å². The minimum Gasteiger partial charge on any atom is -0.455 e. The molecule has 0 fully saturated rings. The maximum absolute atomic E-state index is 11.9. The van der Waals surface area contributed by atoms with Crippen molar-refractivity contribution in [3.05, 3.63) is 29.6 Å². The molecule has 0 aromatic carbocycles. The summed E-state index contributed by atoms with van der Waals surface area (Å²) in [5, 5.41) is 7.81. The molecule has 0 aliphatic carbocycles. The fraction of sp³-hybridized carbons (Fsp3) is 0.417. The highest BCUT2D eigenvalue weighted by Crippen LogP contribution is 2.15. The van der Waals surface area contributed by atoms with Crippen molar-refractivity contribution in [2.24, 2.45) is 0 Å². The van der Waals surface area contributed by atoms with Crippen LogP contribution < -0.4 is 0 Å². The third-order valence-corrected chi connectivity index (χ3v) is 2.22. The second kappa shape index (κ2) is 3.84. The van der Waals surface area contributed by atoms with Gasteiger partial charge in [-0.1, -0.05) is 11.3 Å². The summed E-state index contributed by atoms with van der Waals surface area (Å²) in [6.07, 6.45) is 0. The SMILES string of the molecule is Cc1cccc2c(C(=O)OC(C)(C)C)nnn12. The number of rotatable bonds is 1. The molecular weight excluding hydrogens is 218 g/mol. The van der Waals surface area contributed by atoms with Crippen LogP contribution in [0, 0.1) is 6.92 Å². The van der Waals surface area contributed by atoms with Crippen LogP contribution in [0.15, 0.2) is 18.2 Å². The van der Waals surface area contributed by atoms with E-state index >= 15 is 0 Å². The highest BCUT2D eigenvalue weighted by atomic mass is 16.6. The molecule has 0 radical (unpaired) electrons. The molecule has 2 aromatic heterocycles. The minimum absolute atomic E-state index is 0.253. The molecule has 0 saturated heterocycles. The van der Waals surface area contributed by atoms with Crippen molar-refractivity contribution in [2.45, 2.75) is 33.3 Å². The van der Waals surface area contributed by atoms with Gasteiger partial charge in [0.2, 0.25) is 0 Å². The average Bonchev–Trinajstić information content (AvgIpc) is 2.60. The number of hydrogen-bond donors (Lipinski definition) is 0. The zero-order valence-electron chi connectivity index (χ0n) is 10.4. The molecular formula is C12H15N3O2.